The summed E-state index contributed by atoms with van der Waals surface area (Å²) in [6.07, 6.45) is 2.37. The third-order valence-electron chi connectivity index (χ3n) is 3.59. The first kappa shape index (κ1) is 12.1. The van der Waals surface area contributed by atoms with Crippen LogP contribution in [0.4, 0.5) is 0 Å². The van der Waals surface area contributed by atoms with Crippen LogP contribution in [0.15, 0.2) is 36.5 Å². The third-order valence-corrected chi connectivity index (χ3v) is 3.59. The van der Waals surface area contributed by atoms with Crippen molar-refractivity contribution in [2.24, 2.45) is 0 Å². The smallest absolute Gasteiger partial charge is 0.253 e. The minimum absolute atomic E-state index is 0.0245. The molecule has 1 saturated heterocycles. The number of aliphatic hydroxyl groups is 1. The lowest BCUT2D eigenvalue weighted by Gasteiger charge is -2.19. The second kappa shape index (κ2) is 4.31. The Balaban J connectivity index is 1.90. The number of likely N-dealkylation sites (tertiary alicyclic amines) is 1. The van der Waals surface area contributed by atoms with E-state index in [1.807, 2.05) is 24.3 Å². The number of fused-ring (bicyclic) bond motifs is 1. The third kappa shape index (κ3) is 2.31. The van der Waals surface area contributed by atoms with Crippen molar-refractivity contribution in [2.75, 3.05) is 13.1 Å². The number of benzene rings is 1. The molecular weight excluding hydrogens is 240 g/mol. The number of nitrogens with zero attached hydrogens (tertiary/aromatic N) is 2. The molecule has 0 saturated carbocycles. The fourth-order valence-electron chi connectivity index (χ4n) is 2.51. The molecule has 1 aliphatic rings. The molecule has 1 amide bonds. The maximum Gasteiger partial charge on any atom is 0.253 e. The second-order valence-electron chi connectivity index (χ2n) is 5.38. The maximum absolute atomic E-state index is 12.4. The van der Waals surface area contributed by atoms with Crippen molar-refractivity contribution in [3.63, 3.8) is 0 Å². The van der Waals surface area contributed by atoms with Crippen molar-refractivity contribution in [3.8, 4) is 0 Å². The summed E-state index contributed by atoms with van der Waals surface area (Å²) in [5.74, 6) is -0.0245. The zero-order valence-corrected chi connectivity index (χ0v) is 10.8. The number of pyridine rings is 1. The summed E-state index contributed by atoms with van der Waals surface area (Å²) in [6, 6.07) is 9.32. The Bertz CT molecular complexity index is 637. The molecule has 1 N–H and O–H groups in total. The van der Waals surface area contributed by atoms with Gasteiger partial charge >= 0.3 is 0 Å². The lowest BCUT2D eigenvalue weighted by atomic mass is 10.1. The molecule has 0 aliphatic carbocycles. The molecule has 19 heavy (non-hydrogen) atoms. The summed E-state index contributed by atoms with van der Waals surface area (Å²) in [5.41, 5.74) is 0.777. The van der Waals surface area contributed by atoms with E-state index in [4.69, 9.17) is 0 Å². The molecule has 1 aliphatic heterocycles. The largest absolute Gasteiger partial charge is 0.388 e. The summed E-state index contributed by atoms with van der Waals surface area (Å²) >= 11 is 0. The zero-order chi connectivity index (χ0) is 13.5. The average Bonchev–Trinajstić information content (AvgIpc) is 2.78. The normalized spacial score (nSPS) is 22.9. The number of rotatable bonds is 1. The summed E-state index contributed by atoms with van der Waals surface area (Å²) in [4.78, 5) is 18.3. The molecule has 1 aromatic heterocycles. The lowest BCUT2D eigenvalue weighted by molar-refractivity contribution is 0.0572. The van der Waals surface area contributed by atoms with Gasteiger partial charge in [0.05, 0.1) is 11.1 Å². The Labute approximate surface area is 111 Å². The van der Waals surface area contributed by atoms with E-state index in [9.17, 15) is 9.90 Å². The van der Waals surface area contributed by atoms with Crippen molar-refractivity contribution in [1.29, 1.82) is 0 Å². The number of aromatic nitrogens is 1. The highest BCUT2D eigenvalue weighted by molar-refractivity contribution is 5.98. The zero-order valence-electron chi connectivity index (χ0n) is 10.8. The molecule has 2 aromatic rings. The summed E-state index contributed by atoms with van der Waals surface area (Å²) < 4.78 is 0. The molecule has 3 rings (SSSR count). The van der Waals surface area contributed by atoms with Gasteiger partial charge in [0.25, 0.3) is 5.91 Å². The van der Waals surface area contributed by atoms with E-state index >= 15 is 0 Å². The highest BCUT2D eigenvalue weighted by atomic mass is 16.3. The van der Waals surface area contributed by atoms with Crippen LogP contribution in [0.3, 0.4) is 0 Å². The van der Waals surface area contributed by atoms with Gasteiger partial charge in [-0.1, -0.05) is 6.07 Å². The van der Waals surface area contributed by atoms with Gasteiger partial charge in [-0.25, -0.2) is 0 Å². The summed E-state index contributed by atoms with van der Waals surface area (Å²) in [5, 5.41) is 10.9. The number of hydrogen-bond acceptors (Lipinski definition) is 3. The maximum atomic E-state index is 12.4. The predicted molar refractivity (Wildman–Crippen MR) is 72.9 cm³/mol. The molecule has 2 heterocycles. The molecule has 1 atom stereocenters. The van der Waals surface area contributed by atoms with Crippen LogP contribution in [0.25, 0.3) is 10.9 Å². The van der Waals surface area contributed by atoms with Crippen molar-refractivity contribution >= 4 is 16.8 Å². The Morgan fingerprint density at radius 2 is 2.26 bits per heavy atom. The minimum atomic E-state index is -0.756. The van der Waals surface area contributed by atoms with Gasteiger partial charge in [0.2, 0.25) is 0 Å². The van der Waals surface area contributed by atoms with Gasteiger partial charge in [0, 0.05) is 30.2 Å². The first-order valence-corrected chi connectivity index (χ1v) is 6.42. The fraction of sp³-hybridized carbons (Fsp3) is 0.333. The second-order valence-corrected chi connectivity index (χ2v) is 5.38. The Morgan fingerprint density at radius 1 is 1.42 bits per heavy atom. The van der Waals surface area contributed by atoms with E-state index in [0.29, 0.717) is 25.1 Å². The van der Waals surface area contributed by atoms with Crippen LogP contribution in [0.2, 0.25) is 0 Å². The molecule has 1 aromatic carbocycles. The van der Waals surface area contributed by atoms with Crippen LogP contribution in [-0.4, -0.2) is 39.6 Å². The van der Waals surface area contributed by atoms with Gasteiger partial charge in [0.1, 0.15) is 0 Å². The summed E-state index contributed by atoms with van der Waals surface area (Å²) in [7, 11) is 0. The number of amides is 1. The predicted octanol–water partition coefficient (Wildman–Crippen LogP) is 1.83. The number of carbonyl (C=O) groups excluding carboxylic acids is 1. The van der Waals surface area contributed by atoms with Crippen LogP contribution < -0.4 is 0 Å². The highest BCUT2D eigenvalue weighted by Gasteiger charge is 2.34. The molecule has 0 bridgehead atoms. The van der Waals surface area contributed by atoms with Crippen LogP contribution in [0.5, 0.6) is 0 Å². The standard InChI is InChI=1S/C15H16N2O2/c1-15(19)6-8-17(10-15)14(18)12-4-5-13-11(9-12)3-2-7-16-13/h2-5,7,9,19H,6,8,10H2,1H3. The number of β-amino-alcohol motifs (C(OH)–C–C–N with tert-alkyl or cyclic N) is 1. The molecule has 1 unspecified atom stereocenters. The SMILES string of the molecule is CC1(O)CCN(C(=O)c2ccc3ncccc3c2)C1. The van der Waals surface area contributed by atoms with Crippen LogP contribution in [0.1, 0.15) is 23.7 Å². The molecule has 4 nitrogen and oxygen atoms in total. The van der Waals surface area contributed by atoms with E-state index < -0.39 is 5.60 Å². The topological polar surface area (TPSA) is 53.4 Å². The monoisotopic (exact) mass is 256 g/mol. The van der Waals surface area contributed by atoms with Crippen molar-refractivity contribution in [2.45, 2.75) is 18.9 Å². The molecule has 4 heteroatoms. The first-order valence-electron chi connectivity index (χ1n) is 6.42. The van der Waals surface area contributed by atoms with E-state index in [1.165, 1.54) is 0 Å². The van der Waals surface area contributed by atoms with Gasteiger partial charge in [-0.2, -0.15) is 0 Å². The van der Waals surface area contributed by atoms with Gasteiger partial charge in [-0.3, -0.25) is 9.78 Å². The number of carbonyl (C=O) groups is 1. The lowest BCUT2D eigenvalue weighted by Crippen LogP contribution is -2.33. The quantitative estimate of drug-likeness (QED) is 0.847. The highest BCUT2D eigenvalue weighted by Crippen LogP contribution is 2.23. The van der Waals surface area contributed by atoms with Gasteiger partial charge in [-0.15, -0.1) is 0 Å². The van der Waals surface area contributed by atoms with Gasteiger partial charge < -0.3 is 10.0 Å². The van der Waals surface area contributed by atoms with Crippen LogP contribution in [0, 0.1) is 0 Å². The Morgan fingerprint density at radius 3 is 3.00 bits per heavy atom. The molecular formula is C15H16N2O2. The average molecular weight is 256 g/mol. The van der Waals surface area contributed by atoms with E-state index in [0.717, 1.165) is 10.9 Å². The fourth-order valence-corrected chi connectivity index (χ4v) is 2.51. The Kier molecular flexibility index (Phi) is 2.75. The van der Waals surface area contributed by atoms with Crippen LogP contribution in [-0.2, 0) is 0 Å². The molecule has 1 fully saturated rings. The molecule has 0 spiro atoms. The summed E-state index contributed by atoms with van der Waals surface area (Å²) in [6.45, 7) is 2.78. The van der Waals surface area contributed by atoms with Gasteiger partial charge in [0.15, 0.2) is 0 Å². The van der Waals surface area contributed by atoms with Crippen molar-refractivity contribution in [1.82, 2.24) is 9.88 Å². The van der Waals surface area contributed by atoms with E-state index in [2.05, 4.69) is 4.98 Å². The molecule has 98 valence electrons. The molecule has 0 radical (unpaired) electrons. The van der Waals surface area contributed by atoms with Crippen molar-refractivity contribution in [3.05, 3.63) is 42.1 Å². The Hall–Kier alpha value is -1.94. The number of hydrogen-bond donors (Lipinski definition) is 1. The van der Waals surface area contributed by atoms with E-state index in [-0.39, 0.29) is 5.91 Å². The minimum Gasteiger partial charge on any atom is -0.388 e. The first-order chi connectivity index (χ1) is 9.05. The van der Waals surface area contributed by atoms with Crippen molar-refractivity contribution < 1.29 is 9.90 Å². The van der Waals surface area contributed by atoms with Gasteiger partial charge in [-0.05, 0) is 37.6 Å². The van der Waals surface area contributed by atoms with Crippen LogP contribution >= 0.6 is 0 Å². The van der Waals surface area contributed by atoms with E-state index in [1.54, 1.807) is 24.1 Å².